The Labute approximate surface area is 88.6 Å². The minimum atomic E-state index is 1.03. The number of rotatable bonds is 3. The highest BCUT2D eigenvalue weighted by molar-refractivity contribution is 5.13. The third-order valence-corrected chi connectivity index (χ3v) is 2.04. The van der Waals surface area contributed by atoms with Gasteiger partial charge in [-0.3, -0.25) is 4.98 Å². The Balaban J connectivity index is 0.000000292. The Hall–Kier alpha value is -0.850. The minimum Gasteiger partial charge on any atom is -0.261 e. The third-order valence-electron chi connectivity index (χ3n) is 2.04. The Morgan fingerprint density at radius 2 is 1.79 bits per heavy atom. The molecule has 1 aromatic rings. The van der Waals surface area contributed by atoms with Crippen molar-refractivity contribution in [1.82, 2.24) is 4.98 Å². The molecule has 0 radical (unpaired) electrons. The first-order valence-corrected chi connectivity index (χ1v) is 5.66. The monoisotopic (exact) mass is 193 g/mol. The van der Waals surface area contributed by atoms with Gasteiger partial charge in [0.25, 0.3) is 0 Å². The molecular formula is C13H23N. The first kappa shape index (κ1) is 13.2. The molecular weight excluding hydrogens is 170 g/mol. The Bertz CT molecular complexity index is 228. The SMILES string of the molecule is CCCCC.CCc1cc(C)ccn1. The van der Waals surface area contributed by atoms with Gasteiger partial charge < -0.3 is 0 Å². The molecule has 0 bridgehead atoms. The molecule has 0 saturated heterocycles. The fraction of sp³-hybridized carbons (Fsp3) is 0.615. The van der Waals surface area contributed by atoms with Crippen molar-refractivity contribution in [3.8, 4) is 0 Å². The molecule has 1 heteroatoms. The van der Waals surface area contributed by atoms with Gasteiger partial charge in [0.1, 0.15) is 0 Å². The fourth-order valence-corrected chi connectivity index (χ4v) is 1.15. The zero-order valence-corrected chi connectivity index (χ0v) is 10.0. The normalized spacial score (nSPS) is 9.14. The molecule has 0 aromatic carbocycles. The molecule has 0 saturated carbocycles. The summed E-state index contributed by atoms with van der Waals surface area (Å²) in [5.41, 5.74) is 2.47. The van der Waals surface area contributed by atoms with Crippen molar-refractivity contribution < 1.29 is 0 Å². The van der Waals surface area contributed by atoms with Gasteiger partial charge in [0.05, 0.1) is 0 Å². The molecule has 0 spiro atoms. The van der Waals surface area contributed by atoms with Crippen LogP contribution < -0.4 is 0 Å². The molecule has 0 fully saturated rings. The highest BCUT2D eigenvalue weighted by Crippen LogP contribution is 1.99. The van der Waals surface area contributed by atoms with Gasteiger partial charge >= 0.3 is 0 Å². The molecule has 1 rings (SSSR count). The summed E-state index contributed by atoms with van der Waals surface area (Å²) in [4.78, 5) is 4.16. The molecule has 1 heterocycles. The molecule has 0 atom stereocenters. The summed E-state index contributed by atoms with van der Waals surface area (Å²) in [5.74, 6) is 0. The minimum absolute atomic E-state index is 1.03. The fourth-order valence-electron chi connectivity index (χ4n) is 1.15. The number of hydrogen-bond donors (Lipinski definition) is 0. The van der Waals surface area contributed by atoms with E-state index in [2.05, 4.69) is 38.7 Å². The zero-order valence-electron chi connectivity index (χ0n) is 10.0. The van der Waals surface area contributed by atoms with Gasteiger partial charge in [-0.05, 0) is 31.0 Å². The highest BCUT2D eigenvalue weighted by atomic mass is 14.7. The molecule has 0 unspecified atom stereocenters. The Morgan fingerprint density at radius 1 is 1.14 bits per heavy atom. The van der Waals surface area contributed by atoms with Crippen molar-refractivity contribution in [2.24, 2.45) is 0 Å². The molecule has 0 N–H and O–H groups in total. The Morgan fingerprint density at radius 3 is 2.07 bits per heavy atom. The zero-order chi connectivity index (χ0) is 10.8. The lowest BCUT2D eigenvalue weighted by molar-refractivity contribution is 0.772. The number of aromatic nitrogens is 1. The summed E-state index contributed by atoms with van der Waals surface area (Å²) in [7, 11) is 0. The van der Waals surface area contributed by atoms with Crippen LogP contribution in [0.5, 0.6) is 0 Å². The summed E-state index contributed by atoms with van der Waals surface area (Å²) in [5, 5.41) is 0. The average molecular weight is 193 g/mol. The predicted octanol–water partition coefficient (Wildman–Crippen LogP) is 4.15. The van der Waals surface area contributed by atoms with Gasteiger partial charge in [0.15, 0.2) is 0 Å². The van der Waals surface area contributed by atoms with Crippen molar-refractivity contribution in [3.05, 3.63) is 29.6 Å². The maximum Gasteiger partial charge on any atom is 0.0403 e. The second kappa shape index (κ2) is 8.74. The summed E-state index contributed by atoms with van der Waals surface area (Å²) in [6.07, 6.45) is 6.96. The first-order chi connectivity index (χ1) is 6.74. The summed E-state index contributed by atoms with van der Waals surface area (Å²) in [6.45, 7) is 8.62. The smallest absolute Gasteiger partial charge is 0.0403 e. The summed E-state index contributed by atoms with van der Waals surface area (Å²) >= 11 is 0. The average Bonchev–Trinajstić information content (AvgIpc) is 2.20. The van der Waals surface area contributed by atoms with E-state index in [1.165, 1.54) is 30.5 Å². The highest BCUT2D eigenvalue weighted by Gasteiger charge is 1.87. The summed E-state index contributed by atoms with van der Waals surface area (Å²) < 4.78 is 0. The van der Waals surface area contributed by atoms with Crippen molar-refractivity contribution in [3.63, 3.8) is 0 Å². The van der Waals surface area contributed by atoms with E-state index >= 15 is 0 Å². The van der Waals surface area contributed by atoms with E-state index in [4.69, 9.17) is 0 Å². The number of nitrogens with zero attached hydrogens (tertiary/aromatic N) is 1. The number of unbranched alkanes of at least 4 members (excludes halogenated alkanes) is 2. The van der Waals surface area contributed by atoms with Crippen LogP contribution in [0.15, 0.2) is 18.3 Å². The molecule has 1 aromatic heterocycles. The van der Waals surface area contributed by atoms with Gasteiger partial charge in [-0.2, -0.15) is 0 Å². The second-order valence-corrected chi connectivity index (χ2v) is 3.53. The van der Waals surface area contributed by atoms with Crippen molar-refractivity contribution in [2.75, 3.05) is 0 Å². The maximum atomic E-state index is 4.16. The van der Waals surface area contributed by atoms with E-state index in [0.29, 0.717) is 0 Å². The van der Waals surface area contributed by atoms with Crippen LogP contribution in [0.25, 0.3) is 0 Å². The van der Waals surface area contributed by atoms with E-state index < -0.39 is 0 Å². The predicted molar refractivity (Wildman–Crippen MR) is 63.6 cm³/mol. The van der Waals surface area contributed by atoms with Gasteiger partial charge in [0, 0.05) is 11.9 Å². The number of hydrogen-bond acceptors (Lipinski definition) is 1. The van der Waals surface area contributed by atoms with Gasteiger partial charge in [0.2, 0.25) is 0 Å². The largest absolute Gasteiger partial charge is 0.261 e. The van der Waals surface area contributed by atoms with Crippen LogP contribution in [0.3, 0.4) is 0 Å². The Kier molecular flexibility index (Phi) is 8.20. The first-order valence-electron chi connectivity index (χ1n) is 5.66. The number of aryl methyl sites for hydroxylation is 2. The molecule has 0 amide bonds. The van der Waals surface area contributed by atoms with Gasteiger partial charge in [-0.25, -0.2) is 0 Å². The maximum absolute atomic E-state index is 4.16. The van der Waals surface area contributed by atoms with Gasteiger partial charge in [-0.15, -0.1) is 0 Å². The second-order valence-electron chi connectivity index (χ2n) is 3.53. The van der Waals surface area contributed by atoms with Crippen molar-refractivity contribution in [2.45, 2.75) is 53.4 Å². The van der Waals surface area contributed by atoms with Crippen LogP contribution in [0.1, 0.15) is 51.3 Å². The quantitative estimate of drug-likeness (QED) is 0.702. The van der Waals surface area contributed by atoms with E-state index in [-0.39, 0.29) is 0 Å². The van der Waals surface area contributed by atoms with Crippen LogP contribution in [-0.2, 0) is 6.42 Å². The van der Waals surface area contributed by atoms with E-state index in [1.54, 1.807) is 0 Å². The molecule has 1 nitrogen and oxygen atoms in total. The molecule has 0 aliphatic heterocycles. The summed E-state index contributed by atoms with van der Waals surface area (Å²) in [6, 6.07) is 4.12. The standard InChI is InChI=1S/C8H11N.C5H12/c1-3-8-6-7(2)4-5-9-8;1-3-5-4-2/h4-6H,3H2,1-2H3;3-5H2,1-2H3. The van der Waals surface area contributed by atoms with Crippen LogP contribution in [0, 0.1) is 6.92 Å². The molecule has 0 aliphatic rings. The van der Waals surface area contributed by atoms with Crippen LogP contribution >= 0.6 is 0 Å². The van der Waals surface area contributed by atoms with E-state index in [1.807, 2.05) is 12.3 Å². The van der Waals surface area contributed by atoms with E-state index in [9.17, 15) is 0 Å². The molecule has 14 heavy (non-hydrogen) atoms. The topological polar surface area (TPSA) is 12.9 Å². The lowest BCUT2D eigenvalue weighted by atomic mass is 10.2. The van der Waals surface area contributed by atoms with Gasteiger partial charge in [-0.1, -0.05) is 40.0 Å². The molecule has 0 aliphatic carbocycles. The third kappa shape index (κ3) is 6.64. The lowest BCUT2D eigenvalue weighted by Gasteiger charge is -1.94. The van der Waals surface area contributed by atoms with Crippen molar-refractivity contribution >= 4 is 0 Å². The van der Waals surface area contributed by atoms with Crippen LogP contribution in [-0.4, -0.2) is 4.98 Å². The lowest BCUT2D eigenvalue weighted by Crippen LogP contribution is -1.85. The van der Waals surface area contributed by atoms with Crippen molar-refractivity contribution in [1.29, 1.82) is 0 Å². The molecule has 80 valence electrons. The van der Waals surface area contributed by atoms with Crippen LogP contribution in [0.2, 0.25) is 0 Å². The van der Waals surface area contributed by atoms with Crippen LogP contribution in [0.4, 0.5) is 0 Å². The van der Waals surface area contributed by atoms with E-state index in [0.717, 1.165) is 6.42 Å². The number of pyridine rings is 1.